The predicted molar refractivity (Wildman–Crippen MR) is 92.6 cm³/mol. The first kappa shape index (κ1) is 13.9. The van der Waals surface area contributed by atoms with E-state index in [0.717, 1.165) is 36.2 Å². The van der Waals surface area contributed by atoms with Gasteiger partial charge in [0.1, 0.15) is 5.82 Å². The summed E-state index contributed by atoms with van der Waals surface area (Å²) in [6.45, 7) is 2.30. The van der Waals surface area contributed by atoms with Crippen molar-refractivity contribution in [3.05, 3.63) is 42.4 Å². The second kappa shape index (κ2) is 4.77. The van der Waals surface area contributed by atoms with Crippen LogP contribution in [0.1, 0.15) is 25.3 Å². The predicted octanol–water partition coefficient (Wildman–Crippen LogP) is 2.26. The van der Waals surface area contributed by atoms with Gasteiger partial charge in [-0.05, 0) is 55.9 Å². The Kier molecular flexibility index (Phi) is 2.77. The zero-order valence-corrected chi connectivity index (χ0v) is 13.6. The summed E-state index contributed by atoms with van der Waals surface area (Å²) < 4.78 is 1.68. The number of aromatic nitrogens is 4. The second-order valence-electron chi connectivity index (χ2n) is 7.29. The Labute approximate surface area is 140 Å². The molecule has 0 saturated heterocycles. The van der Waals surface area contributed by atoms with Crippen LogP contribution in [0.5, 0.6) is 0 Å². The van der Waals surface area contributed by atoms with Crippen LogP contribution in [-0.2, 0) is 6.42 Å². The highest BCUT2D eigenvalue weighted by Crippen LogP contribution is 2.46. The van der Waals surface area contributed by atoms with Crippen LogP contribution in [0.2, 0.25) is 0 Å². The molecule has 24 heavy (non-hydrogen) atoms. The van der Waals surface area contributed by atoms with E-state index in [1.807, 2.05) is 18.5 Å². The van der Waals surface area contributed by atoms with Gasteiger partial charge < -0.3 is 11.1 Å². The third-order valence-electron chi connectivity index (χ3n) is 5.67. The Morgan fingerprint density at radius 2 is 2.08 bits per heavy atom. The molecule has 2 aliphatic rings. The Morgan fingerprint density at radius 1 is 1.21 bits per heavy atom. The van der Waals surface area contributed by atoms with E-state index in [1.165, 1.54) is 11.1 Å². The van der Waals surface area contributed by atoms with Gasteiger partial charge in [0.15, 0.2) is 0 Å². The summed E-state index contributed by atoms with van der Waals surface area (Å²) in [6, 6.07) is 6.44. The molecule has 1 unspecified atom stereocenters. The topological polar surface area (TPSA) is 81.1 Å². The number of nitrogens with zero attached hydrogens (tertiary/aromatic N) is 4. The fraction of sp³-hybridized carbons (Fsp3) is 0.389. The summed E-state index contributed by atoms with van der Waals surface area (Å²) in [7, 11) is 0. The first-order valence-electron chi connectivity index (χ1n) is 8.45. The smallest absolute Gasteiger partial charge is 0.130 e. The van der Waals surface area contributed by atoms with Crippen molar-refractivity contribution in [2.24, 2.45) is 11.7 Å². The van der Waals surface area contributed by atoms with Gasteiger partial charge in [-0.2, -0.15) is 14.8 Å². The molecule has 0 amide bonds. The van der Waals surface area contributed by atoms with Gasteiger partial charge in [0, 0.05) is 35.1 Å². The molecular weight excluding hydrogens is 300 g/mol. The summed E-state index contributed by atoms with van der Waals surface area (Å²) in [5.74, 6) is 1.61. The van der Waals surface area contributed by atoms with Crippen LogP contribution in [-0.4, -0.2) is 31.4 Å². The minimum absolute atomic E-state index is 0.0442. The van der Waals surface area contributed by atoms with Crippen molar-refractivity contribution >= 4 is 11.3 Å². The van der Waals surface area contributed by atoms with Crippen LogP contribution in [0, 0.1) is 5.92 Å². The molecule has 6 nitrogen and oxygen atoms in total. The van der Waals surface area contributed by atoms with Gasteiger partial charge in [-0.3, -0.25) is 0 Å². The summed E-state index contributed by atoms with van der Waals surface area (Å²) >= 11 is 0. The van der Waals surface area contributed by atoms with Crippen LogP contribution in [0.15, 0.2) is 36.8 Å². The lowest BCUT2D eigenvalue weighted by Crippen LogP contribution is -2.52. The summed E-state index contributed by atoms with van der Waals surface area (Å²) in [5.41, 5.74) is 10.7. The normalized spacial score (nSPS) is 28.4. The number of nitrogens with two attached hydrogens (primary N) is 1. The lowest BCUT2D eigenvalue weighted by molar-refractivity contribution is 0.175. The van der Waals surface area contributed by atoms with Crippen LogP contribution < -0.4 is 11.1 Å². The van der Waals surface area contributed by atoms with Gasteiger partial charge in [0.25, 0.3) is 0 Å². The monoisotopic (exact) mass is 320 g/mol. The summed E-state index contributed by atoms with van der Waals surface area (Å²) in [6.07, 6.45) is 8.67. The highest BCUT2D eigenvalue weighted by atomic mass is 15.4. The average Bonchev–Trinajstić information content (AvgIpc) is 3.12. The standard InChI is InChI=1S/C18H20N6/c1-18(11-7-12(19)8-11)9-14-13(4-6-20-17(14)23-18)15-10-22-24-16(15)3-2-5-21-24/h2-6,10-12H,7-9,19H2,1H3,(H,20,23)/t11-,12+,18?. The molecule has 122 valence electrons. The maximum Gasteiger partial charge on any atom is 0.130 e. The Balaban J connectivity index is 1.59. The number of hydrogen-bond acceptors (Lipinski definition) is 5. The van der Waals surface area contributed by atoms with E-state index in [4.69, 9.17) is 5.73 Å². The number of rotatable bonds is 2. The van der Waals surface area contributed by atoms with Gasteiger partial charge in [-0.1, -0.05) is 0 Å². The summed E-state index contributed by atoms with van der Waals surface area (Å²) in [5, 5.41) is 12.3. The van der Waals surface area contributed by atoms with Crippen LogP contribution >= 0.6 is 0 Å². The molecule has 1 aliphatic heterocycles. The fourth-order valence-corrected chi connectivity index (χ4v) is 4.18. The summed E-state index contributed by atoms with van der Waals surface area (Å²) in [4.78, 5) is 4.58. The number of anilines is 1. The number of nitrogens with one attached hydrogen (secondary N) is 1. The molecule has 3 aromatic rings. The molecule has 5 rings (SSSR count). The SMILES string of the molecule is CC1([C@H]2C[C@@H](N)C2)Cc2c(-c3cnn4ncccc34)ccnc2N1. The van der Waals surface area contributed by atoms with E-state index < -0.39 is 0 Å². The zero-order valence-electron chi connectivity index (χ0n) is 13.6. The lowest BCUT2D eigenvalue weighted by Gasteiger charge is -2.44. The minimum Gasteiger partial charge on any atom is -0.364 e. The Bertz CT molecular complexity index is 926. The van der Waals surface area contributed by atoms with Gasteiger partial charge in [0.2, 0.25) is 0 Å². The highest BCUT2D eigenvalue weighted by molar-refractivity contribution is 5.84. The number of hydrogen-bond donors (Lipinski definition) is 2. The molecule has 1 fully saturated rings. The first-order valence-corrected chi connectivity index (χ1v) is 8.45. The van der Waals surface area contributed by atoms with E-state index in [1.54, 1.807) is 10.8 Å². The lowest BCUT2D eigenvalue weighted by atomic mass is 9.68. The van der Waals surface area contributed by atoms with Gasteiger partial charge in [0.05, 0.1) is 11.7 Å². The van der Waals surface area contributed by atoms with E-state index in [-0.39, 0.29) is 5.54 Å². The van der Waals surface area contributed by atoms with Crippen molar-refractivity contribution in [2.45, 2.75) is 37.8 Å². The van der Waals surface area contributed by atoms with Crippen molar-refractivity contribution < 1.29 is 0 Å². The molecule has 0 aromatic carbocycles. The van der Waals surface area contributed by atoms with Crippen LogP contribution in [0.25, 0.3) is 16.6 Å². The van der Waals surface area contributed by atoms with E-state index >= 15 is 0 Å². The maximum atomic E-state index is 6.01. The minimum atomic E-state index is 0.0442. The quantitative estimate of drug-likeness (QED) is 0.757. The van der Waals surface area contributed by atoms with Crippen LogP contribution in [0.4, 0.5) is 5.82 Å². The van der Waals surface area contributed by atoms with Gasteiger partial charge >= 0.3 is 0 Å². The van der Waals surface area contributed by atoms with Crippen molar-refractivity contribution in [1.29, 1.82) is 0 Å². The maximum absolute atomic E-state index is 6.01. The highest BCUT2D eigenvalue weighted by Gasteiger charge is 2.46. The molecule has 4 heterocycles. The zero-order chi connectivity index (χ0) is 16.3. The van der Waals surface area contributed by atoms with Gasteiger partial charge in [-0.25, -0.2) is 4.98 Å². The first-order chi connectivity index (χ1) is 11.6. The van der Waals surface area contributed by atoms with E-state index in [0.29, 0.717) is 12.0 Å². The molecular formula is C18H20N6. The molecule has 3 N–H and O–H groups in total. The van der Waals surface area contributed by atoms with Crippen molar-refractivity contribution in [3.8, 4) is 11.1 Å². The molecule has 0 radical (unpaired) electrons. The molecule has 1 atom stereocenters. The Hall–Kier alpha value is -2.47. The van der Waals surface area contributed by atoms with E-state index in [2.05, 4.69) is 39.6 Å². The molecule has 0 bridgehead atoms. The van der Waals surface area contributed by atoms with Crippen molar-refractivity contribution in [3.63, 3.8) is 0 Å². The molecule has 6 heteroatoms. The number of fused-ring (bicyclic) bond motifs is 2. The third-order valence-corrected chi connectivity index (χ3v) is 5.67. The van der Waals surface area contributed by atoms with Crippen molar-refractivity contribution in [2.75, 3.05) is 5.32 Å². The Morgan fingerprint density at radius 3 is 2.92 bits per heavy atom. The fourth-order valence-electron chi connectivity index (χ4n) is 4.18. The molecule has 1 saturated carbocycles. The van der Waals surface area contributed by atoms with E-state index in [9.17, 15) is 0 Å². The molecule has 3 aromatic heterocycles. The van der Waals surface area contributed by atoms with Crippen LogP contribution in [0.3, 0.4) is 0 Å². The van der Waals surface area contributed by atoms with Gasteiger partial charge in [-0.15, -0.1) is 0 Å². The molecule has 0 spiro atoms. The second-order valence-corrected chi connectivity index (χ2v) is 7.29. The van der Waals surface area contributed by atoms with Crippen molar-refractivity contribution in [1.82, 2.24) is 19.8 Å². The largest absolute Gasteiger partial charge is 0.364 e. The molecule has 1 aliphatic carbocycles. The third kappa shape index (κ3) is 1.89. The average molecular weight is 320 g/mol. The number of pyridine rings is 1.